The molecule has 0 fully saturated rings. The highest BCUT2D eigenvalue weighted by molar-refractivity contribution is 7.85. The Bertz CT molecular complexity index is 1190. The normalized spacial score (nSPS) is 14.0. The number of nitrogens with zero attached hydrogens (tertiary/aromatic N) is 3. The molecule has 32 heavy (non-hydrogen) atoms. The zero-order chi connectivity index (χ0) is 23.3. The van der Waals surface area contributed by atoms with Crippen LogP contribution in [0.1, 0.15) is 40.9 Å². The van der Waals surface area contributed by atoms with E-state index in [-0.39, 0.29) is 17.7 Å². The summed E-state index contributed by atoms with van der Waals surface area (Å²) in [7, 11) is -1.28. The van der Waals surface area contributed by atoms with Gasteiger partial charge in [-0.1, -0.05) is 26.0 Å². The molecule has 5 nitrogen and oxygen atoms in total. The van der Waals surface area contributed by atoms with Crippen LogP contribution in [0.4, 0.5) is 14.5 Å². The van der Waals surface area contributed by atoms with Crippen LogP contribution >= 0.6 is 0 Å². The Labute approximate surface area is 187 Å². The van der Waals surface area contributed by atoms with Crippen LogP contribution in [0.25, 0.3) is 0 Å². The largest absolute Gasteiger partial charge is 0.303 e. The molecule has 1 amide bonds. The summed E-state index contributed by atoms with van der Waals surface area (Å²) in [5, 5.41) is 8.89. The van der Waals surface area contributed by atoms with Crippen molar-refractivity contribution in [3.8, 4) is 6.07 Å². The third kappa shape index (κ3) is 4.58. The lowest BCUT2D eigenvalue weighted by Crippen LogP contribution is -2.31. The van der Waals surface area contributed by atoms with Gasteiger partial charge in [0.25, 0.3) is 5.91 Å². The van der Waals surface area contributed by atoms with Gasteiger partial charge in [-0.2, -0.15) is 5.26 Å². The van der Waals surface area contributed by atoms with Gasteiger partial charge in [-0.25, -0.2) is 8.78 Å². The summed E-state index contributed by atoms with van der Waals surface area (Å²) in [5.41, 5.74) is 1.09. The fourth-order valence-electron chi connectivity index (χ4n) is 3.47. The van der Waals surface area contributed by atoms with E-state index in [1.165, 1.54) is 23.4 Å². The average molecular weight is 454 g/mol. The highest BCUT2D eigenvalue weighted by Gasteiger charge is 2.28. The minimum Gasteiger partial charge on any atom is -0.303 e. The summed E-state index contributed by atoms with van der Waals surface area (Å²) in [6, 6.07) is 12.0. The molecule has 1 aliphatic heterocycles. The SMILES string of the molecule is CC.N#Cc1c(F)cc(CN(C(=O)c2cccnc2)c2cccc3c2S(=O)CC3)cc1F. The standard InChI is InChI=1S/C22H15F2N3O2S.C2H6/c23-18-9-14(10-19(24)17(18)11-25)13-27(22(28)16-4-2-7-26-12-16)20-5-1-3-15-6-8-30(29)21(15)20;1-2/h1-5,7,9-10,12H,6,8,13H2;1-2H3. The number of halogens is 2. The Morgan fingerprint density at radius 2 is 1.91 bits per heavy atom. The zero-order valence-corrected chi connectivity index (χ0v) is 18.5. The molecule has 4 rings (SSSR count). The number of nitriles is 1. The smallest absolute Gasteiger partial charge is 0.260 e. The predicted octanol–water partition coefficient (Wildman–Crippen LogP) is 4.77. The summed E-state index contributed by atoms with van der Waals surface area (Å²) >= 11 is 0. The molecule has 164 valence electrons. The number of aryl methyl sites for hydroxylation is 1. The van der Waals surface area contributed by atoms with Gasteiger partial charge in [-0.05, 0) is 47.9 Å². The van der Waals surface area contributed by atoms with Gasteiger partial charge >= 0.3 is 0 Å². The Morgan fingerprint density at radius 3 is 2.53 bits per heavy atom. The first-order valence-corrected chi connectivity index (χ1v) is 11.4. The van der Waals surface area contributed by atoms with Gasteiger partial charge < -0.3 is 4.90 Å². The lowest BCUT2D eigenvalue weighted by molar-refractivity contribution is 0.0984. The van der Waals surface area contributed by atoms with Crippen molar-refractivity contribution in [3.05, 3.63) is 88.7 Å². The zero-order valence-electron chi connectivity index (χ0n) is 17.6. The Balaban J connectivity index is 0.00000141. The second-order valence-electron chi connectivity index (χ2n) is 6.74. The van der Waals surface area contributed by atoms with E-state index in [9.17, 15) is 17.8 Å². The first-order valence-electron chi connectivity index (χ1n) is 10.1. The fourth-order valence-corrected chi connectivity index (χ4v) is 4.95. The average Bonchev–Trinajstić information content (AvgIpc) is 3.20. The monoisotopic (exact) mass is 453 g/mol. The van der Waals surface area contributed by atoms with Gasteiger partial charge in [0, 0.05) is 18.1 Å². The van der Waals surface area contributed by atoms with Crippen LogP contribution < -0.4 is 4.90 Å². The molecule has 0 radical (unpaired) electrons. The van der Waals surface area contributed by atoms with Crippen molar-refractivity contribution in [3.63, 3.8) is 0 Å². The quantitative estimate of drug-likeness (QED) is 0.570. The molecule has 2 heterocycles. The molecule has 0 N–H and O–H groups in total. The van der Waals surface area contributed by atoms with Crippen LogP contribution in [0.2, 0.25) is 0 Å². The number of carbonyl (C=O) groups is 1. The molecule has 2 aromatic carbocycles. The van der Waals surface area contributed by atoms with Gasteiger partial charge in [-0.3, -0.25) is 14.0 Å². The van der Waals surface area contributed by atoms with Gasteiger partial charge in [0.1, 0.15) is 23.3 Å². The molecule has 0 saturated heterocycles. The summed E-state index contributed by atoms with van der Waals surface area (Å²) < 4.78 is 40.9. The highest BCUT2D eigenvalue weighted by Crippen LogP contribution is 2.34. The van der Waals surface area contributed by atoms with Gasteiger partial charge in [0.15, 0.2) is 0 Å². The maximum Gasteiger partial charge on any atom is 0.260 e. The summed E-state index contributed by atoms with van der Waals surface area (Å²) in [6.07, 6.45) is 3.56. The number of hydrogen-bond acceptors (Lipinski definition) is 4. The molecule has 1 unspecified atom stereocenters. The van der Waals surface area contributed by atoms with Crippen molar-refractivity contribution < 1.29 is 17.8 Å². The van der Waals surface area contributed by atoms with Crippen LogP contribution in [-0.4, -0.2) is 20.9 Å². The van der Waals surface area contributed by atoms with Crippen LogP contribution in [0.3, 0.4) is 0 Å². The molecular weight excluding hydrogens is 432 g/mol. The minimum absolute atomic E-state index is 0.166. The Hall–Kier alpha value is -3.44. The summed E-state index contributed by atoms with van der Waals surface area (Å²) in [4.78, 5) is 19.2. The first kappa shape index (κ1) is 23.2. The van der Waals surface area contributed by atoms with Crippen molar-refractivity contribution in [2.75, 3.05) is 10.7 Å². The van der Waals surface area contributed by atoms with Gasteiger partial charge in [-0.15, -0.1) is 0 Å². The highest BCUT2D eigenvalue weighted by atomic mass is 32.2. The molecule has 0 bridgehead atoms. The molecule has 1 aliphatic rings. The van der Waals surface area contributed by atoms with E-state index in [4.69, 9.17) is 5.26 Å². The van der Waals surface area contributed by atoms with Crippen molar-refractivity contribution in [2.45, 2.75) is 31.7 Å². The van der Waals surface area contributed by atoms with Crippen molar-refractivity contribution in [2.24, 2.45) is 0 Å². The molecular formula is C24H21F2N3O2S. The Kier molecular flexibility index (Phi) is 7.44. The molecule has 0 aliphatic carbocycles. The van der Waals surface area contributed by atoms with E-state index in [0.717, 1.165) is 17.7 Å². The lowest BCUT2D eigenvalue weighted by Gasteiger charge is -2.25. The van der Waals surface area contributed by atoms with Crippen molar-refractivity contribution >= 4 is 22.4 Å². The van der Waals surface area contributed by atoms with Gasteiger partial charge in [0.05, 0.1) is 33.5 Å². The van der Waals surface area contributed by atoms with E-state index in [1.54, 1.807) is 24.3 Å². The van der Waals surface area contributed by atoms with E-state index >= 15 is 0 Å². The topological polar surface area (TPSA) is 74.1 Å². The number of rotatable bonds is 4. The van der Waals surface area contributed by atoms with Crippen LogP contribution in [0.5, 0.6) is 0 Å². The third-order valence-electron chi connectivity index (χ3n) is 4.86. The van der Waals surface area contributed by atoms with Crippen molar-refractivity contribution in [1.82, 2.24) is 4.98 Å². The number of carbonyl (C=O) groups excluding carboxylic acids is 1. The number of fused-ring (bicyclic) bond motifs is 1. The first-order chi connectivity index (χ1) is 15.5. The predicted molar refractivity (Wildman–Crippen MR) is 119 cm³/mol. The van der Waals surface area contributed by atoms with E-state index < -0.39 is 33.9 Å². The fraction of sp³-hybridized carbons (Fsp3) is 0.208. The third-order valence-corrected chi connectivity index (χ3v) is 6.36. The van der Waals surface area contributed by atoms with Crippen LogP contribution in [0, 0.1) is 23.0 Å². The van der Waals surface area contributed by atoms with E-state index in [1.807, 2.05) is 19.9 Å². The molecule has 3 aromatic rings. The lowest BCUT2D eigenvalue weighted by atomic mass is 10.1. The number of aromatic nitrogens is 1. The van der Waals surface area contributed by atoms with E-state index in [2.05, 4.69) is 4.98 Å². The maximum atomic E-state index is 14.1. The van der Waals surface area contributed by atoms with Crippen LogP contribution in [0.15, 0.2) is 59.8 Å². The second-order valence-corrected chi connectivity index (χ2v) is 8.25. The number of amides is 1. The molecule has 1 atom stereocenters. The van der Waals surface area contributed by atoms with Crippen molar-refractivity contribution in [1.29, 1.82) is 5.26 Å². The molecule has 0 spiro atoms. The number of hydrogen-bond donors (Lipinski definition) is 0. The van der Waals surface area contributed by atoms with Crippen LogP contribution in [-0.2, 0) is 23.8 Å². The summed E-state index contributed by atoms with van der Waals surface area (Å²) in [6.45, 7) is 3.83. The molecule has 1 aromatic heterocycles. The van der Waals surface area contributed by atoms with Gasteiger partial charge in [0.2, 0.25) is 0 Å². The number of anilines is 1. The summed E-state index contributed by atoms with van der Waals surface area (Å²) in [5.74, 6) is -1.97. The number of benzene rings is 2. The molecule has 0 saturated carbocycles. The number of pyridine rings is 1. The minimum atomic E-state index is -1.28. The molecule has 8 heteroatoms. The maximum absolute atomic E-state index is 14.1. The second kappa shape index (κ2) is 10.2. The van der Waals surface area contributed by atoms with E-state index in [0.29, 0.717) is 22.8 Å². The Morgan fingerprint density at radius 1 is 1.19 bits per heavy atom.